The second kappa shape index (κ2) is 9.40. The Bertz CT molecular complexity index is 1390. The van der Waals surface area contributed by atoms with Gasteiger partial charge in [-0.15, -0.1) is 5.10 Å². The third-order valence-corrected chi connectivity index (χ3v) is 7.69. The number of benzene rings is 3. The Morgan fingerprint density at radius 2 is 1.49 bits per heavy atom. The zero-order valence-corrected chi connectivity index (χ0v) is 19.5. The molecule has 4 aromatic rings. The Labute approximate surface area is 202 Å². The summed E-state index contributed by atoms with van der Waals surface area (Å²) in [6.45, 7) is 0.535. The molecule has 2 heterocycles. The molecule has 1 saturated heterocycles. The van der Waals surface area contributed by atoms with Gasteiger partial charge in [0.25, 0.3) is 5.91 Å². The largest absolute Gasteiger partial charge is 0.333 e. The van der Waals surface area contributed by atoms with E-state index in [9.17, 15) is 17.6 Å². The molecule has 1 amide bonds. The van der Waals surface area contributed by atoms with Gasteiger partial charge in [0, 0.05) is 31.7 Å². The SMILES string of the molecule is O=C(c1nc(-c2ccccc2)n(-c2ccccc2)n1)N1CCN(S(=O)(=O)c2cccc(F)c2)CC1. The average molecular weight is 492 g/mol. The minimum atomic E-state index is -3.85. The number of aromatic nitrogens is 3. The van der Waals surface area contributed by atoms with E-state index < -0.39 is 15.8 Å². The first-order chi connectivity index (χ1) is 16.9. The molecule has 5 rings (SSSR count). The molecule has 0 spiro atoms. The predicted octanol–water partition coefficient (Wildman–Crippen LogP) is 3.22. The summed E-state index contributed by atoms with van der Waals surface area (Å²) in [4.78, 5) is 19.2. The quantitative estimate of drug-likeness (QED) is 0.428. The molecule has 10 heteroatoms. The van der Waals surface area contributed by atoms with E-state index in [-0.39, 0.29) is 42.8 Å². The number of carbonyl (C=O) groups excluding carboxylic acids is 1. The van der Waals surface area contributed by atoms with Gasteiger partial charge in [0.2, 0.25) is 15.8 Å². The van der Waals surface area contributed by atoms with E-state index in [1.165, 1.54) is 27.4 Å². The third kappa shape index (κ3) is 4.58. The van der Waals surface area contributed by atoms with Crippen LogP contribution in [-0.4, -0.2) is 64.5 Å². The molecule has 0 saturated carbocycles. The van der Waals surface area contributed by atoms with Crippen LogP contribution in [0.3, 0.4) is 0 Å². The number of hydrogen-bond donors (Lipinski definition) is 0. The standard InChI is InChI=1S/C25H22FN5O3S/c26-20-10-7-13-22(18-20)35(33,34)30-16-14-29(15-17-30)25(32)23-27-24(19-8-3-1-4-9-19)31(28-23)21-11-5-2-6-12-21/h1-13,18H,14-17H2. The molecular weight excluding hydrogens is 469 g/mol. The zero-order valence-electron chi connectivity index (χ0n) is 18.7. The topological polar surface area (TPSA) is 88.4 Å². The van der Waals surface area contributed by atoms with Crippen molar-refractivity contribution in [2.45, 2.75) is 4.90 Å². The van der Waals surface area contributed by atoms with Gasteiger partial charge < -0.3 is 4.90 Å². The van der Waals surface area contributed by atoms with Crippen molar-refractivity contribution >= 4 is 15.9 Å². The van der Waals surface area contributed by atoms with Gasteiger partial charge in [-0.1, -0.05) is 54.6 Å². The number of sulfonamides is 1. The molecular formula is C25H22FN5O3S. The van der Waals surface area contributed by atoms with Crippen molar-refractivity contribution in [3.05, 3.63) is 96.6 Å². The molecule has 0 unspecified atom stereocenters. The normalized spacial score (nSPS) is 14.7. The molecule has 1 aromatic heterocycles. The maximum atomic E-state index is 13.5. The number of piperazine rings is 1. The highest BCUT2D eigenvalue weighted by molar-refractivity contribution is 7.89. The number of rotatable bonds is 5. The molecule has 1 aliphatic rings. The maximum absolute atomic E-state index is 13.5. The van der Waals surface area contributed by atoms with E-state index in [2.05, 4.69) is 10.1 Å². The summed E-state index contributed by atoms with van der Waals surface area (Å²) >= 11 is 0. The Kier molecular flexibility index (Phi) is 6.14. The van der Waals surface area contributed by atoms with Gasteiger partial charge in [0.1, 0.15) is 5.82 Å². The van der Waals surface area contributed by atoms with Crippen LogP contribution in [0.4, 0.5) is 4.39 Å². The average Bonchev–Trinajstić information content (AvgIpc) is 3.35. The van der Waals surface area contributed by atoms with Gasteiger partial charge in [-0.3, -0.25) is 4.79 Å². The summed E-state index contributed by atoms with van der Waals surface area (Å²) < 4.78 is 42.2. The Hall–Kier alpha value is -3.89. The minimum absolute atomic E-state index is 0.0362. The monoisotopic (exact) mass is 491 g/mol. The Morgan fingerprint density at radius 3 is 2.14 bits per heavy atom. The molecule has 1 aliphatic heterocycles. The van der Waals surface area contributed by atoms with E-state index in [1.807, 2.05) is 60.7 Å². The highest BCUT2D eigenvalue weighted by Gasteiger charge is 2.32. The van der Waals surface area contributed by atoms with Crippen LogP contribution in [0, 0.1) is 5.82 Å². The molecule has 0 atom stereocenters. The van der Waals surface area contributed by atoms with Crippen molar-refractivity contribution < 1.29 is 17.6 Å². The number of hydrogen-bond acceptors (Lipinski definition) is 5. The van der Waals surface area contributed by atoms with Gasteiger partial charge in [-0.2, -0.15) is 4.31 Å². The Morgan fingerprint density at radius 1 is 0.829 bits per heavy atom. The molecule has 0 N–H and O–H groups in total. The lowest BCUT2D eigenvalue weighted by Gasteiger charge is -2.33. The molecule has 3 aromatic carbocycles. The van der Waals surface area contributed by atoms with Gasteiger partial charge in [-0.25, -0.2) is 22.5 Å². The molecule has 35 heavy (non-hydrogen) atoms. The number of halogens is 1. The van der Waals surface area contributed by atoms with Crippen molar-refractivity contribution in [1.82, 2.24) is 24.0 Å². The van der Waals surface area contributed by atoms with Crippen molar-refractivity contribution in [2.24, 2.45) is 0 Å². The van der Waals surface area contributed by atoms with Crippen molar-refractivity contribution in [3.63, 3.8) is 0 Å². The smallest absolute Gasteiger partial charge is 0.293 e. The fourth-order valence-corrected chi connectivity index (χ4v) is 5.43. The molecule has 0 bridgehead atoms. The fourth-order valence-electron chi connectivity index (χ4n) is 3.98. The number of nitrogens with zero attached hydrogens (tertiary/aromatic N) is 5. The molecule has 0 aliphatic carbocycles. The van der Waals surface area contributed by atoms with Crippen LogP contribution in [0.1, 0.15) is 10.6 Å². The van der Waals surface area contributed by atoms with Crippen LogP contribution in [0.25, 0.3) is 17.1 Å². The zero-order chi connectivity index (χ0) is 24.4. The highest BCUT2D eigenvalue weighted by Crippen LogP contribution is 2.23. The van der Waals surface area contributed by atoms with Crippen LogP contribution >= 0.6 is 0 Å². The summed E-state index contributed by atoms with van der Waals surface area (Å²) in [7, 11) is -3.85. The van der Waals surface area contributed by atoms with Crippen molar-refractivity contribution in [1.29, 1.82) is 0 Å². The first-order valence-corrected chi connectivity index (χ1v) is 12.5. The van der Waals surface area contributed by atoms with E-state index in [0.29, 0.717) is 5.82 Å². The van der Waals surface area contributed by atoms with Crippen LogP contribution in [0.15, 0.2) is 89.8 Å². The fraction of sp³-hybridized carbons (Fsp3) is 0.160. The number of para-hydroxylation sites is 1. The lowest BCUT2D eigenvalue weighted by molar-refractivity contribution is 0.0685. The highest BCUT2D eigenvalue weighted by atomic mass is 32.2. The lowest BCUT2D eigenvalue weighted by Crippen LogP contribution is -2.50. The molecule has 178 valence electrons. The number of amides is 1. The van der Waals surface area contributed by atoms with Gasteiger partial charge in [0.05, 0.1) is 10.6 Å². The summed E-state index contributed by atoms with van der Waals surface area (Å²) in [6.07, 6.45) is 0. The van der Waals surface area contributed by atoms with Gasteiger partial charge in [0.15, 0.2) is 5.82 Å². The Balaban J connectivity index is 1.37. The van der Waals surface area contributed by atoms with Gasteiger partial charge >= 0.3 is 0 Å². The number of carbonyl (C=O) groups is 1. The maximum Gasteiger partial charge on any atom is 0.293 e. The summed E-state index contributed by atoms with van der Waals surface area (Å²) in [5.41, 5.74) is 1.58. The van der Waals surface area contributed by atoms with E-state index >= 15 is 0 Å². The van der Waals surface area contributed by atoms with Gasteiger partial charge in [-0.05, 0) is 30.3 Å². The predicted molar refractivity (Wildman–Crippen MR) is 128 cm³/mol. The molecule has 1 fully saturated rings. The third-order valence-electron chi connectivity index (χ3n) is 5.79. The lowest BCUT2D eigenvalue weighted by atomic mass is 10.2. The first-order valence-electron chi connectivity index (χ1n) is 11.1. The van der Waals surface area contributed by atoms with Crippen molar-refractivity contribution in [2.75, 3.05) is 26.2 Å². The summed E-state index contributed by atoms with van der Waals surface area (Å²) in [5, 5.41) is 4.50. The van der Waals surface area contributed by atoms with Crippen LogP contribution < -0.4 is 0 Å². The second-order valence-corrected chi connectivity index (χ2v) is 9.96. The van der Waals surface area contributed by atoms with E-state index in [4.69, 9.17) is 0 Å². The minimum Gasteiger partial charge on any atom is -0.333 e. The summed E-state index contributed by atoms with van der Waals surface area (Å²) in [5.74, 6) is -0.421. The second-order valence-electron chi connectivity index (χ2n) is 8.03. The van der Waals surface area contributed by atoms with Crippen LogP contribution in [-0.2, 0) is 10.0 Å². The van der Waals surface area contributed by atoms with E-state index in [0.717, 1.165) is 17.3 Å². The van der Waals surface area contributed by atoms with E-state index in [1.54, 1.807) is 4.68 Å². The first kappa shape index (κ1) is 22.9. The van der Waals surface area contributed by atoms with Crippen molar-refractivity contribution in [3.8, 4) is 17.1 Å². The van der Waals surface area contributed by atoms with Crippen LogP contribution in [0.2, 0.25) is 0 Å². The molecule has 0 radical (unpaired) electrons. The van der Waals surface area contributed by atoms with Crippen LogP contribution in [0.5, 0.6) is 0 Å². The summed E-state index contributed by atoms with van der Waals surface area (Å²) in [6, 6.07) is 23.8. The molecule has 8 nitrogen and oxygen atoms in total.